The van der Waals surface area contributed by atoms with E-state index >= 15 is 0 Å². The van der Waals surface area contributed by atoms with Crippen LogP contribution < -0.4 is 5.73 Å². The molecule has 0 saturated carbocycles. The van der Waals surface area contributed by atoms with E-state index in [2.05, 4.69) is 4.98 Å². The van der Waals surface area contributed by atoms with Crippen LogP contribution in [0.25, 0.3) is 5.69 Å². The summed E-state index contributed by atoms with van der Waals surface area (Å²) in [4.78, 5) is 21.4. The Hall–Kier alpha value is -2.63. The van der Waals surface area contributed by atoms with Crippen LogP contribution in [0.2, 0.25) is 10.0 Å². The van der Waals surface area contributed by atoms with Crippen LogP contribution in [-0.4, -0.2) is 21.2 Å². The molecule has 3 aromatic rings. The predicted octanol–water partition coefficient (Wildman–Crippen LogP) is 4.75. The van der Waals surface area contributed by atoms with Gasteiger partial charge in [0, 0.05) is 27.1 Å². The summed E-state index contributed by atoms with van der Waals surface area (Å²) in [6.07, 6.45) is 0. The van der Waals surface area contributed by atoms with Gasteiger partial charge in [-0.25, -0.2) is 4.98 Å². The van der Waals surface area contributed by atoms with Gasteiger partial charge in [-0.1, -0.05) is 55.2 Å². The second kappa shape index (κ2) is 7.08. The monoisotopic (exact) mass is 412 g/mol. The van der Waals surface area contributed by atoms with Crippen molar-refractivity contribution in [2.24, 2.45) is 10.7 Å². The molecule has 1 aromatic heterocycles. The smallest absolute Gasteiger partial charge is 0.269 e. The van der Waals surface area contributed by atoms with Gasteiger partial charge in [-0.2, -0.15) is 0 Å². The second-order valence-electron chi connectivity index (χ2n) is 6.93. The summed E-state index contributed by atoms with van der Waals surface area (Å²) < 4.78 is 1.98. The largest absolute Gasteiger partial charge is 0.364 e. The standard InChI is InChI=1S/C21H18Cl2N4O/c1-11(2)21-26-19(20(24)28)17-10-25-18(13-5-3-4-6-15(13)23)14-9-12(22)7-8-16(14)27(17)21/h3-9,11H,10H2,1-2H3,(H2,24,28). The number of primary amides is 1. The molecule has 2 heterocycles. The van der Waals surface area contributed by atoms with Gasteiger partial charge < -0.3 is 5.73 Å². The normalized spacial score (nSPS) is 13.0. The van der Waals surface area contributed by atoms with E-state index in [0.29, 0.717) is 15.7 Å². The third kappa shape index (κ3) is 3.01. The number of amides is 1. The summed E-state index contributed by atoms with van der Waals surface area (Å²) in [6, 6.07) is 13.1. The topological polar surface area (TPSA) is 73.3 Å². The molecule has 142 valence electrons. The fourth-order valence-electron chi connectivity index (χ4n) is 3.49. The molecule has 0 spiro atoms. The number of nitrogens with zero attached hydrogens (tertiary/aromatic N) is 3. The minimum absolute atomic E-state index is 0.0808. The Morgan fingerprint density at radius 1 is 1.14 bits per heavy atom. The van der Waals surface area contributed by atoms with Crippen LogP contribution in [0.4, 0.5) is 0 Å². The Labute approximate surface area is 172 Å². The maximum Gasteiger partial charge on any atom is 0.269 e. The van der Waals surface area contributed by atoms with E-state index in [9.17, 15) is 4.79 Å². The molecular formula is C21H18Cl2N4O. The second-order valence-corrected chi connectivity index (χ2v) is 7.77. The zero-order chi connectivity index (χ0) is 20.0. The first-order chi connectivity index (χ1) is 13.4. The van der Waals surface area contributed by atoms with Gasteiger partial charge in [-0.3, -0.25) is 14.4 Å². The summed E-state index contributed by atoms with van der Waals surface area (Å²) in [5, 5.41) is 1.18. The van der Waals surface area contributed by atoms with Gasteiger partial charge in [0.2, 0.25) is 0 Å². The molecule has 28 heavy (non-hydrogen) atoms. The highest BCUT2D eigenvalue weighted by molar-refractivity contribution is 6.36. The van der Waals surface area contributed by atoms with E-state index in [1.807, 2.05) is 60.9 Å². The number of carbonyl (C=O) groups excluding carboxylic acids is 1. The van der Waals surface area contributed by atoms with E-state index in [0.717, 1.165) is 28.4 Å². The summed E-state index contributed by atoms with van der Waals surface area (Å²) in [7, 11) is 0. The number of carbonyl (C=O) groups is 1. The van der Waals surface area contributed by atoms with Crippen molar-refractivity contribution in [3.8, 4) is 5.69 Å². The summed E-state index contributed by atoms with van der Waals surface area (Å²) in [6.45, 7) is 4.30. The molecule has 0 radical (unpaired) electrons. The van der Waals surface area contributed by atoms with Gasteiger partial charge in [0.1, 0.15) is 5.82 Å². The zero-order valence-electron chi connectivity index (χ0n) is 15.4. The molecule has 0 unspecified atom stereocenters. The molecule has 5 nitrogen and oxygen atoms in total. The van der Waals surface area contributed by atoms with Crippen molar-refractivity contribution in [3.63, 3.8) is 0 Å². The highest BCUT2D eigenvalue weighted by atomic mass is 35.5. The number of benzene rings is 2. The number of rotatable bonds is 3. The number of nitrogens with two attached hydrogens (primary N) is 1. The van der Waals surface area contributed by atoms with Crippen LogP contribution in [0.3, 0.4) is 0 Å². The average molecular weight is 413 g/mol. The minimum atomic E-state index is -0.567. The molecule has 0 saturated heterocycles. The Bertz CT molecular complexity index is 1130. The lowest BCUT2D eigenvalue weighted by atomic mass is 10.00. The molecule has 0 bridgehead atoms. The van der Waals surface area contributed by atoms with Crippen LogP contribution in [0.15, 0.2) is 47.5 Å². The van der Waals surface area contributed by atoms with Gasteiger partial charge in [0.15, 0.2) is 5.69 Å². The molecule has 2 aromatic carbocycles. The molecular weight excluding hydrogens is 395 g/mol. The van der Waals surface area contributed by atoms with Gasteiger partial charge in [0.25, 0.3) is 5.91 Å². The highest BCUT2D eigenvalue weighted by Crippen LogP contribution is 2.33. The fraction of sp³-hybridized carbons (Fsp3) is 0.190. The van der Waals surface area contributed by atoms with Crippen molar-refractivity contribution in [1.82, 2.24) is 9.55 Å². The average Bonchev–Trinajstić information content (AvgIpc) is 2.96. The third-order valence-corrected chi connectivity index (χ3v) is 5.28. The minimum Gasteiger partial charge on any atom is -0.364 e. The molecule has 0 aliphatic carbocycles. The molecule has 1 aliphatic rings. The van der Waals surface area contributed by atoms with Crippen molar-refractivity contribution in [1.29, 1.82) is 0 Å². The van der Waals surface area contributed by atoms with Crippen LogP contribution >= 0.6 is 23.2 Å². The highest BCUT2D eigenvalue weighted by Gasteiger charge is 2.28. The number of hydrogen-bond acceptors (Lipinski definition) is 3. The quantitative estimate of drug-likeness (QED) is 0.673. The van der Waals surface area contributed by atoms with Gasteiger partial charge in [-0.05, 0) is 24.3 Å². The Kier molecular flexibility index (Phi) is 4.73. The number of aliphatic imine (C=N–C) groups is 1. The number of hydrogen-bond donors (Lipinski definition) is 1. The van der Waals surface area contributed by atoms with Gasteiger partial charge in [0.05, 0.1) is 23.6 Å². The molecule has 1 aliphatic heterocycles. The van der Waals surface area contributed by atoms with E-state index in [4.69, 9.17) is 33.9 Å². The van der Waals surface area contributed by atoms with Crippen LogP contribution in [0.5, 0.6) is 0 Å². The molecule has 1 amide bonds. The number of imidazole rings is 1. The fourth-order valence-corrected chi connectivity index (χ4v) is 3.89. The van der Waals surface area contributed by atoms with Crippen LogP contribution in [0, 0.1) is 0 Å². The Balaban J connectivity index is 2.07. The van der Waals surface area contributed by atoms with Crippen molar-refractivity contribution >= 4 is 34.8 Å². The Morgan fingerprint density at radius 3 is 2.57 bits per heavy atom. The third-order valence-electron chi connectivity index (χ3n) is 4.72. The molecule has 2 N–H and O–H groups in total. The van der Waals surface area contributed by atoms with E-state index in [1.54, 1.807) is 0 Å². The maximum atomic E-state index is 12.0. The van der Waals surface area contributed by atoms with E-state index < -0.39 is 5.91 Å². The number of fused-ring (bicyclic) bond motifs is 3. The molecule has 4 rings (SSSR count). The van der Waals surface area contributed by atoms with Crippen LogP contribution in [-0.2, 0) is 6.54 Å². The first-order valence-corrected chi connectivity index (χ1v) is 9.65. The lowest BCUT2D eigenvalue weighted by molar-refractivity contribution is 0.0995. The summed E-state index contributed by atoms with van der Waals surface area (Å²) >= 11 is 12.8. The van der Waals surface area contributed by atoms with Gasteiger partial charge >= 0.3 is 0 Å². The van der Waals surface area contributed by atoms with Crippen molar-refractivity contribution in [3.05, 3.63) is 80.8 Å². The van der Waals surface area contributed by atoms with E-state index in [-0.39, 0.29) is 18.2 Å². The Morgan fingerprint density at radius 2 is 1.89 bits per heavy atom. The number of aromatic nitrogens is 2. The molecule has 0 atom stereocenters. The van der Waals surface area contributed by atoms with Crippen molar-refractivity contribution < 1.29 is 4.79 Å². The predicted molar refractivity (Wildman–Crippen MR) is 112 cm³/mol. The van der Waals surface area contributed by atoms with Crippen molar-refractivity contribution in [2.45, 2.75) is 26.3 Å². The van der Waals surface area contributed by atoms with Crippen LogP contribution in [0.1, 0.15) is 52.9 Å². The lowest BCUT2D eigenvalue weighted by Crippen LogP contribution is -2.14. The summed E-state index contributed by atoms with van der Waals surface area (Å²) in [5.74, 6) is 0.266. The molecule has 7 heteroatoms. The van der Waals surface area contributed by atoms with Gasteiger partial charge in [-0.15, -0.1) is 0 Å². The zero-order valence-corrected chi connectivity index (χ0v) is 16.9. The lowest BCUT2D eigenvalue weighted by Gasteiger charge is -2.16. The number of halogens is 2. The van der Waals surface area contributed by atoms with E-state index in [1.165, 1.54) is 0 Å². The molecule has 0 fully saturated rings. The first-order valence-electron chi connectivity index (χ1n) is 8.89. The SMILES string of the molecule is CC(C)c1nc(C(N)=O)c2n1-c1ccc(Cl)cc1C(c1ccccc1Cl)=NC2. The summed E-state index contributed by atoms with van der Waals surface area (Å²) in [5.41, 5.74) is 9.72. The maximum absolute atomic E-state index is 12.0. The van der Waals surface area contributed by atoms with Crippen molar-refractivity contribution in [2.75, 3.05) is 0 Å². The first kappa shape index (κ1) is 18.7.